The molecule has 0 bridgehead atoms. The highest BCUT2D eigenvalue weighted by Gasteiger charge is 2.16. The first kappa shape index (κ1) is 12.6. The highest BCUT2D eigenvalue weighted by atomic mass is 16.5. The maximum absolute atomic E-state index is 6.08. The number of rotatable bonds is 2. The SMILES string of the molecule is COc1ccccc1-c1nnc2c3ccccc3c(N)nn12. The number of hydrogen-bond donors (Lipinski definition) is 1. The average Bonchev–Trinajstić information content (AvgIpc) is 2.99. The zero-order valence-electron chi connectivity index (χ0n) is 11.9. The lowest BCUT2D eigenvalue weighted by Gasteiger charge is -2.07. The lowest BCUT2D eigenvalue weighted by molar-refractivity contribution is 0.416. The van der Waals surface area contributed by atoms with Crippen molar-refractivity contribution < 1.29 is 4.74 Å². The fraction of sp³-hybridized carbons (Fsp3) is 0.0625. The molecule has 2 aromatic carbocycles. The molecule has 0 radical (unpaired) electrons. The predicted molar refractivity (Wildman–Crippen MR) is 84.7 cm³/mol. The van der Waals surface area contributed by atoms with Crippen molar-refractivity contribution in [1.82, 2.24) is 19.8 Å². The topological polar surface area (TPSA) is 78.3 Å². The average molecular weight is 291 g/mol. The molecule has 108 valence electrons. The van der Waals surface area contributed by atoms with E-state index in [2.05, 4.69) is 15.3 Å². The Morgan fingerprint density at radius 3 is 2.50 bits per heavy atom. The van der Waals surface area contributed by atoms with E-state index in [0.717, 1.165) is 16.3 Å². The highest BCUT2D eigenvalue weighted by Crippen LogP contribution is 2.30. The van der Waals surface area contributed by atoms with E-state index in [1.165, 1.54) is 0 Å². The number of ether oxygens (including phenoxy) is 1. The van der Waals surface area contributed by atoms with Crippen molar-refractivity contribution in [2.24, 2.45) is 0 Å². The van der Waals surface area contributed by atoms with Crippen molar-refractivity contribution >= 4 is 22.2 Å². The van der Waals surface area contributed by atoms with Crippen LogP contribution in [0.25, 0.3) is 27.8 Å². The van der Waals surface area contributed by atoms with Gasteiger partial charge in [0.1, 0.15) is 5.75 Å². The zero-order valence-corrected chi connectivity index (χ0v) is 11.9. The van der Waals surface area contributed by atoms with Crippen LogP contribution in [-0.2, 0) is 0 Å². The Morgan fingerprint density at radius 2 is 1.68 bits per heavy atom. The molecule has 0 unspecified atom stereocenters. The van der Waals surface area contributed by atoms with Gasteiger partial charge in [-0.15, -0.1) is 15.3 Å². The number of fused-ring (bicyclic) bond motifs is 3. The first-order valence-electron chi connectivity index (χ1n) is 6.82. The summed E-state index contributed by atoms with van der Waals surface area (Å²) in [6.45, 7) is 0. The first-order chi connectivity index (χ1) is 10.8. The molecule has 0 spiro atoms. The Morgan fingerprint density at radius 1 is 0.955 bits per heavy atom. The summed E-state index contributed by atoms with van der Waals surface area (Å²) in [5.41, 5.74) is 7.57. The van der Waals surface area contributed by atoms with Crippen LogP contribution in [0.5, 0.6) is 5.75 Å². The van der Waals surface area contributed by atoms with Crippen LogP contribution < -0.4 is 10.5 Å². The second-order valence-electron chi connectivity index (χ2n) is 4.89. The van der Waals surface area contributed by atoms with Crippen molar-refractivity contribution in [2.75, 3.05) is 12.8 Å². The van der Waals surface area contributed by atoms with E-state index in [0.29, 0.717) is 23.0 Å². The van der Waals surface area contributed by atoms with Gasteiger partial charge in [0, 0.05) is 10.8 Å². The number of nitrogens with two attached hydrogens (primary N) is 1. The number of nitrogens with zero attached hydrogens (tertiary/aromatic N) is 4. The minimum Gasteiger partial charge on any atom is -0.496 e. The van der Waals surface area contributed by atoms with Crippen molar-refractivity contribution in [3.63, 3.8) is 0 Å². The summed E-state index contributed by atoms with van der Waals surface area (Å²) in [4.78, 5) is 0. The van der Waals surface area contributed by atoms with E-state index in [9.17, 15) is 0 Å². The Labute approximate surface area is 126 Å². The molecule has 2 N–H and O–H groups in total. The van der Waals surface area contributed by atoms with Gasteiger partial charge in [-0.1, -0.05) is 36.4 Å². The quantitative estimate of drug-likeness (QED) is 0.614. The minimum absolute atomic E-state index is 0.444. The molecule has 0 saturated heterocycles. The zero-order chi connectivity index (χ0) is 15.1. The van der Waals surface area contributed by atoms with E-state index < -0.39 is 0 Å². The van der Waals surface area contributed by atoms with E-state index in [4.69, 9.17) is 10.5 Å². The number of aromatic nitrogens is 4. The molecular weight excluding hydrogens is 278 g/mol. The summed E-state index contributed by atoms with van der Waals surface area (Å²) in [6.07, 6.45) is 0. The number of hydrogen-bond acceptors (Lipinski definition) is 5. The van der Waals surface area contributed by atoms with Gasteiger partial charge in [0.2, 0.25) is 0 Å². The van der Waals surface area contributed by atoms with E-state index in [-0.39, 0.29) is 0 Å². The van der Waals surface area contributed by atoms with Crippen LogP contribution in [0.2, 0.25) is 0 Å². The lowest BCUT2D eigenvalue weighted by Crippen LogP contribution is -2.02. The molecule has 22 heavy (non-hydrogen) atoms. The van der Waals surface area contributed by atoms with Gasteiger partial charge in [0.15, 0.2) is 17.3 Å². The largest absolute Gasteiger partial charge is 0.496 e. The second kappa shape index (κ2) is 4.70. The molecule has 0 fully saturated rings. The molecule has 0 saturated carbocycles. The minimum atomic E-state index is 0.444. The molecular formula is C16H13N5O. The van der Waals surface area contributed by atoms with Gasteiger partial charge in [-0.05, 0) is 12.1 Å². The van der Waals surface area contributed by atoms with Gasteiger partial charge >= 0.3 is 0 Å². The molecule has 6 nitrogen and oxygen atoms in total. The summed E-state index contributed by atoms with van der Waals surface area (Å²) in [5.74, 6) is 1.76. The molecule has 0 atom stereocenters. The Hall–Kier alpha value is -3.15. The predicted octanol–water partition coefficient (Wildman–Crippen LogP) is 2.54. The summed E-state index contributed by atoms with van der Waals surface area (Å²) >= 11 is 0. The molecule has 0 aliphatic carbocycles. The van der Waals surface area contributed by atoms with Gasteiger partial charge in [-0.25, -0.2) is 0 Å². The molecule has 6 heteroatoms. The number of benzene rings is 2. The van der Waals surface area contributed by atoms with Gasteiger partial charge < -0.3 is 10.5 Å². The van der Waals surface area contributed by atoms with Crippen molar-refractivity contribution in [3.8, 4) is 17.1 Å². The number of anilines is 1. The third-order valence-electron chi connectivity index (χ3n) is 3.64. The van der Waals surface area contributed by atoms with E-state index in [1.54, 1.807) is 11.6 Å². The van der Waals surface area contributed by atoms with Crippen molar-refractivity contribution in [3.05, 3.63) is 48.5 Å². The van der Waals surface area contributed by atoms with Crippen LogP contribution in [0.15, 0.2) is 48.5 Å². The smallest absolute Gasteiger partial charge is 0.189 e. The molecule has 4 aromatic rings. The standard InChI is InChI=1S/C16H13N5O/c1-22-13-9-5-4-8-12(13)16-19-18-15-11-7-3-2-6-10(11)14(17)20-21(15)16/h2-9H,1H3,(H2,17,20). The second-order valence-corrected chi connectivity index (χ2v) is 4.89. The summed E-state index contributed by atoms with van der Waals surface area (Å²) in [7, 11) is 1.62. The van der Waals surface area contributed by atoms with E-state index in [1.807, 2.05) is 48.5 Å². The van der Waals surface area contributed by atoms with Gasteiger partial charge in [-0.3, -0.25) is 0 Å². The number of para-hydroxylation sites is 1. The fourth-order valence-electron chi connectivity index (χ4n) is 2.60. The fourth-order valence-corrected chi connectivity index (χ4v) is 2.60. The molecule has 0 aliphatic rings. The summed E-state index contributed by atoms with van der Waals surface area (Å²) in [6, 6.07) is 15.4. The van der Waals surface area contributed by atoms with Crippen LogP contribution >= 0.6 is 0 Å². The van der Waals surface area contributed by atoms with E-state index >= 15 is 0 Å². The third-order valence-corrected chi connectivity index (χ3v) is 3.64. The lowest BCUT2D eigenvalue weighted by atomic mass is 10.1. The van der Waals surface area contributed by atoms with Crippen LogP contribution in [0.4, 0.5) is 5.82 Å². The molecule has 2 heterocycles. The number of methoxy groups -OCH3 is 1. The number of nitrogen functional groups attached to an aromatic ring is 1. The first-order valence-corrected chi connectivity index (χ1v) is 6.82. The molecule has 0 amide bonds. The molecule has 0 aliphatic heterocycles. The van der Waals surface area contributed by atoms with Crippen LogP contribution in [0.1, 0.15) is 0 Å². The Bertz CT molecular complexity index is 992. The Kier molecular flexibility index (Phi) is 2.69. The van der Waals surface area contributed by atoms with Crippen molar-refractivity contribution in [2.45, 2.75) is 0 Å². The monoisotopic (exact) mass is 291 g/mol. The maximum Gasteiger partial charge on any atom is 0.189 e. The van der Waals surface area contributed by atoms with Crippen LogP contribution in [0, 0.1) is 0 Å². The third kappa shape index (κ3) is 1.70. The van der Waals surface area contributed by atoms with Crippen molar-refractivity contribution in [1.29, 1.82) is 0 Å². The highest BCUT2D eigenvalue weighted by molar-refractivity contribution is 5.99. The van der Waals surface area contributed by atoms with Gasteiger partial charge in [-0.2, -0.15) is 4.52 Å². The van der Waals surface area contributed by atoms with Crippen LogP contribution in [-0.4, -0.2) is 26.9 Å². The normalized spacial score (nSPS) is 11.1. The van der Waals surface area contributed by atoms with Gasteiger partial charge in [0.25, 0.3) is 0 Å². The Balaban J connectivity index is 2.09. The maximum atomic E-state index is 6.08. The summed E-state index contributed by atoms with van der Waals surface area (Å²) < 4.78 is 7.06. The molecule has 2 aromatic heterocycles. The van der Waals surface area contributed by atoms with Gasteiger partial charge in [0.05, 0.1) is 12.7 Å². The van der Waals surface area contributed by atoms with Crippen LogP contribution in [0.3, 0.4) is 0 Å². The molecule has 4 rings (SSSR count). The summed E-state index contributed by atoms with van der Waals surface area (Å²) in [5, 5.41) is 14.8.